The van der Waals surface area contributed by atoms with Gasteiger partial charge in [0.05, 0.1) is 18.8 Å². The molecule has 0 fully saturated rings. The van der Waals surface area contributed by atoms with Gasteiger partial charge in [-0.05, 0) is 12.1 Å². The molecule has 1 amide bonds. The number of anilines is 1. The summed E-state index contributed by atoms with van der Waals surface area (Å²) in [6, 6.07) is 5.40. The summed E-state index contributed by atoms with van der Waals surface area (Å²) in [6.07, 6.45) is 4.66. The van der Waals surface area contributed by atoms with Crippen molar-refractivity contribution in [1.82, 2.24) is 15.0 Å². The number of carbonyl (C=O) groups is 1. The van der Waals surface area contributed by atoms with Crippen LogP contribution in [0.15, 0.2) is 36.8 Å². The summed E-state index contributed by atoms with van der Waals surface area (Å²) >= 11 is 5.65. The highest BCUT2D eigenvalue weighted by Gasteiger charge is 2.05. The Bertz CT molecular complexity index is 518. The maximum absolute atomic E-state index is 11.6. The number of carbonyl (C=O) groups excluding carboxylic acids is 1. The van der Waals surface area contributed by atoms with Gasteiger partial charge in [0.15, 0.2) is 5.82 Å². The van der Waals surface area contributed by atoms with Gasteiger partial charge in [-0.25, -0.2) is 4.98 Å². The number of hydrogen-bond acceptors (Lipinski definition) is 4. The molecule has 0 aromatic carbocycles. The molecule has 0 aliphatic carbocycles. The molecule has 2 aromatic heterocycles. The Hall–Kier alpha value is -2.01. The van der Waals surface area contributed by atoms with Gasteiger partial charge in [-0.1, -0.05) is 17.7 Å². The van der Waals surface area contributed by atoms with Gasteiger partial charge < -0.3 is 5.32 Å². The first-order valence-corrected chi connectivity index (χ1v) is 5.29. The number of amides is 1. The Morgan fingerprint density at radius 3 is 2.94 bits per heavy atom. The fourth-order valence-electron chi connectivity index (χ4n) is 1.26. The third kappa shape index (κ3) is 3.49. The largest absolute Gasteiger partial charge is 0.309 e. The van der Waals surface area contributed by atoms with Gasteiger partial charge in [0.2, 0.25) is 5.91 Å². The monoisotopic (exact) mass is 248 g/mol. The van der Waals surface area contributed by atoms with Crippen molar-refractivity contribution in [3.63, 3.8) is 0 Å². The van der Waals surface area contributed by atoms with Crippen molar-refractivity contribution in [2.75, 3.05) is 5.32 Å². The number of aromatic nitrogens is 3. The first kappa shape index (κ1) is 11.5. The summed E-state index contributed by atoms with van der Waals surface area (Å²) < 4.78 is 0. The molecule has 2 heterocycles. The van der Waals surface area contributed by atoms with Crippen molar-refractivity contribution in [1.29, 1.82) is 0 Å². The fraction of sp³-hybridized carbons (Fsp3) is 0.0909. The van der Waals surface area contributed by atoms with Crippen LogP contribution in [0.1, 0.15) is 5.69 Å². The van der Waals surface area contributed by atoms with Crippen LogP contribution in [0.25, 0.3) is 0 Å². The number of pyridine rings is 1. The Morgan fingerprint density at radius 1 is 1.35 bits per heavy atom. The number of hydrogen-bond donors (Lipinski definition) is 1. The summed E-state index contributed by atoms with van der Waals surface area (Å²) in [5.74, 6) is 0.124. The van der Waals surface area contributed by atoms with Gasteiger partial charge in [-0.3, -0.25) is 14.8 Å². The Morgan fingerprint density at radius 2 is 2.24 bits per heavy atom. The molecular weight excluding hydrogens is 240 g/mol. The Kier molecular flexibility index (Phi) is 3.62. The Balaban J connectivity index is 1.98. The molecule has 0 aliphatic heterocycles. The molecule has 6 heteroatoms. The minimum Gasteiger partial charge on any atom is -0.309 e. The summed E-state index contributed by atoms with van der Waals surface area (Å²) in [5.41, 5.74) is 0.694. The van der Waals surface area contributed by atoms with E-state index in [-0.39, 0.29) is 17.5 Å². The highest BCUT2D eigenvalue weighted by Crippen LogP contribution is 2.07. The second kappa shape index (κ2) is 5.36. The second-order valence-electron chi connectivity index (χ2n) is 3.27. The molecule has 0 spiro atoms. The quantitative estimate of drug-likeness (QED) is 0.898. The van der Waals surface area contributed by atoms with Crippen LogP contribution in [0.3, 0.4) is 0 Å². The fourth-order valence-corrected chi connectivity index (χ4v) is 1.40. The van der Waals surface area contributed by atoms with Crippen LogP contribution in [0.5, 0.6) is 0 Å². The van der Waals surface area contributed by atoms with E-state index in [0.29, 0.717) is 11.5 Å². The summed E-state index contributed by atoms with van der Waals surface area (Å²) in [4.78, 5) is 23.4. The topological polar surface area (TPSA) is 67.8 Å². The minimum absolute atomic E-state index is 0.190. The van der Waals surface area contributed by atoms with E-state index in [0.717, 1.165) is 0 Å². The van der Waals surface area contributed by atoms with E-state index in [1.54, 1.807) is 18.3 Å². The van der Waals surface area contributed by atoms with Crippen molar-refractivity contribution in [2.24, 2.45) is 0 Å². The molecule has 0 saturated heterocycles. The van der Waals surface area contributed by atoms with Gasteiger partial charge in [0.25, 0.3) is 0 Å². The lowest BCUT2D eigenvalue weighted by molar-refractivity contribution is -0.115. The zero-order valence-electron chi connectivity index (χ0n) is 8.80. The predicted octanol–water partition coefficient (Wildman–Crippen LogP) is 1.71. The average Bonchev–Trinajstić information content (AvgIpc) is 2.30. The van der Waals surface area contributed by atoms with E-state index in [1.807, 2.05) is 6.07 Å². The highest BCUT2D eigenvalue weighted by molar-refractivity contribution is 6.29. The van der Waals surface area contributed by atoms with Gasteiger partial charge in [0, 0.05) is 11.9 Å². The van der Waals surface area contributed by atoms with E-state index in [2.05, 4.69) is 20.3 Å². The van der Waals surface area contributed by atoms with Crippen molar-refractivity contribution >= 4 is 23.3 Å². The lowest BCUT2D eigenvalue weighted by atomic mass is 10.2. The molecule has 0 unspecified atom stereocenters. The number of nitrogens with zero attached hydrogens (tertiary/aromatic N) is 3. The van der Waals surface area contributed by atoms with E-state index in [4.69, 9.17) is 11.6 Å². The lowest BCUT2D eigenvalue weighted by Gasteiger charge is -2.03. The molecule has 17 heavy (non-hydrogen) atoms. The maximum Gasteiger partial charge on any atom is 0.231 e. The summed E-state index contributed by atoms with van der Waals surface area (Å²) in [6.45, 7) is 0. The van der Waals surface area contributed by atoms with Gasteiger partial charge in [0.1, 0.15) is 5.15 Å². The van der Waals surface area contributed by atoms with E-state index < -0.39 is 0 Å². The highest BCUT2D eigenvalue weighted by atomic mass is 35.5. The predicted molar refractivity (Wildman–Crippen MR) is 63.6 cm³/mol. The molecule has 2 aromatic rings. The SMILES string of the molecule is O=C(Cc1ccccn1)Nc1cncc(Cl)n1. The van der Waals surface area contributed by atoms with Crippen molar-refractivity contribution in [3.05, 3.63) is 47.6 Å². The number of halogens is 1. The third-order valence-corrected chi connectivity index (χ3v) is 2.12. The van der Waals surface area contributed by atoms with Crippen LogP contribution in [-0.4, -0.2) is 20.9 Å². The first-order chi connectivity index (χ1) is 8.24. The Labute approximate surface area is 103 Å². The molecule has 0 radical (unpaired) electrons. The molecular formula is C11H9ClN4O. The van der Waals surface area contributed by atoms with Crippen LogP contribution in [0.2, 0.25) is 5.15 Å². The van der Waals surface area contributed by atoms with Crippen LogP contribution >= 0.6 is 11.6 Å². The van der Waals surface area contributed by atoms with Gasteiger partial charge in [-0.2, -0.15) is 0 Å². The van der Waals surface area contributed by atoms with Crippen LogP contribution < -0.4 is 5.32 Å². The summed E-state index contributed by atoms with van der Waals surface area (Å²) in [5, 5.41) is 2.83. The molecule has 0 saturated carbocycles. The molecule has 5 nitrogen and oxygen atoms in total. The molecule has 0 atom stereocenters. The zero-order valence-corrected chi connectivity index (χ0v) is 9.55. The van der Waals surface area contributed by atoms with Crippen LogP contribution in [-0.2, 0) is 11.2 Å². The molecule has 0 bridgehead atoms. The van der Waals surface area contributed by atoms with Gasteiger partial charge in [-0.15, -0.1) is 0 Å². The number of rotatable bonds is 3. The molecule has 0 aliphatic rings. The maximum atomic E-state index is 11.6. The third-order valence-electron chi connectivity index (χ3n) is 1.94. The molecule has 2 rings (SSSR count). The normalized spacial score (nSPS) is 9.94. The molecule has 1 N–H and O–H groups in total. The summed E-state index contributed by atoms with van der Waals surface area (Å²) in [7, 11) is 0. The lowest BCUT2D eigenvalue weighted by Crippen LogP contribution is -2.16. The molecule has 86 valence electrons. The van der Waals surface area contributed by atoms with E-state index in [9.17, 15) is 4.79 Å². The standard InChI is InChI=1S/C11H9ClN4O/c12-9-6-13-7-10(15-9)16-11(17)5-8-3-1-2-4-14-8/h1-4,6-7H,5H2,(H,15,16,17). The number of nitrogens with one attached hydrogen (secondary N) is 1. The minimum atomic E-state index is -0.208. The van der Waals surface area contributed by atoms with E-state index >= 15 is 0 Å². The smallest absolute Gasteiger partial charge is 0.231 e. The zero-order chi connectivity index (χ0) is 12.1. The average molecular weight is 249 g/mol. The van der Waals surface area contributed by atoms with Gasteiger partial charge >= 0.3 is 0 Å². The van der Waals surface area contributed by atoms with Crippen LogP contribution in [0, 0.1) is 0 Å². The first-order valence-electron chi connectivity index (χ1n) is 4.91. The van der Waals surface area contributed by atoms with Crippen LogP contribution in [0.4, 0.5) is 5.82 Å². The van der Waals surface area contributed by atoms with Crippen molar-refractivity contribution < 1.29 is 4.79 Å². The van der Waals surface area contributed by atoms with Crippen molar-refractivity contribution in [3.8, 4) is 0 Å². The van der Waals surface area contributed by atoms with E-state index in [1.165, 1.54) is 12.4 Å². The second-order valence-corrected chi connectivity index (χ2v) is 3.66. The van der Waals surface area contributed by atoms with Crippen molar-refractivity contribution in [2.45, 2.75) is 6.42 Å².